The maximum Gasteiger partial charge on any atom is 0.220 e. The Morgan fingerprint density at radius 2 is 1.21 bits per heavy atom. The largest absolute Gasteiger partial charge is 0.342 e. The van der Waals surface area contributed by atoms with Crippen LogP contribution < -0.4 is 5.32 Å². The van der Waals surface area contributed by atoms with E-state index in [0.29, 0.717) is 12.8 Å². The topological polar surface area (TPSA) is 46.2 Å². The molecular weight excluding hydrogens is 346 g/mol. The zero-order valence-electron chi connectivity index (χ0n) is 18.2. The average molecular weight is 388 g/mol. The maximum absolute atomic E-state index is 12.8. The number of hydrogen-bond donors (Lipinski definition) is 1. The van der Waals surface area contributed by atoms with Crippen LogP contribution in [0.1, 0.15) is 115 Å². The minimum absolute atomic E-state index is 0.000593. The summed E-state index contributed by atoms with van der Waals surface area (Å²) in [6.07, 6.45) is 15.0. The number of unbranched alkanes of at least 4 members (excludes halogenated alkanes) is 10. The fourth-order valence-corrected chi connectivity index (χ4v) is 3.52. The van der Waals surface area contributed by atoms with Gasteiger partial charge in [0.15, 0.2) is 5.78 Å². The molecule has 1 atom stereocenters. The van der Waals surface area contributed by atoms with Crippen LogP contribution in [0.25, 0.3) is 0 Å². The minimum Gasteiger partial charge on any atom is -0.342 e. The van der Waals surface area contributed by atoms with E-state index in [-0.39, 0.29) is 11.7 Å². The number of carbonyl (C=O) groups is 2. The molecule has 0 saturated heterocycles. The van der Waals surface area contributed by atoms with Crippen molar-refractivity contribution in [2.24, 2.45) is 0 Å². The number of carbonyl (C=O) groups excluding carboxylic acids is 2. The first-order chi connectivity index (χ1) is 13.7. The van der Waals surface area contributed by atoms with Crippen LogP contribution in [0.5, 0.6) is 0 Å². The predicted octanol–water partition coefficient (Wildman–Crippen LogP) is 6.91. The van der Waals surface area contributed by atoms with Crippen molar-refractivity contribution in [3.63, 3.8) is 0 Å². The van der Waals surface area contributed by atoms with Crippen molar-refractivity contribution in [3.05, 3.63) is 35.9 Å². The van der Waals surface area contributed by atoms with Gasteiger partial charge in [-0.3, -0.25) is 9.59 Å². The Kier molecular flexibility index (Phi) is 14.2. The molecule has 0 heterocycles. The molecule has 3 nitrogen and oxygen atoms in total. The average Bonchev–Trinajstić information content (AvgIpc) is 2.72. The molecule has 0 unspecified atom stereocenters. The Bertz CT molecular complexity index is 527. The second-order valence-electron chi connectivity index (χ2n) is 7.91. The fourth-order valence-electron chi connectivity index (χ4n) is 3.52. The molecule has 1 N–H and O–H groups in total. The summed E-state index contributed by atoms with van der Waals surface area (Å²) in [6.45, 7) is 4.42. The summed E-state index contributed by atoms with van der Waals surface area (Å²) in [5.74, 6) is 0.138. The van der Waals surface area contributed by atoms with Crippen LogP contribution >= 0.6 is 0 Å². The van der Waals surface area contributed by atoms with Crippen molar-refractivity contribution >= 4 is 11.7 Å². The van der Waals surface area contributed by atoms with Gasteiger partial charge in [0.1, 0.15) is 6.04 Å². The van der Waals surface area contributed by atoms with E-state index in [2.05, 4.69) is 19.2 Å². The van der Waals surface area contributed by atoms with E-state index in [1.54, 1.807) is 0 Å². The summed E-state index contributed by atoms with van der Waals surface area (Å²) in [7, 11) is 0. The second-order valence-corrected chi connectivity index (χ2v) is 7.91. The molecule has 28 heavy (non-hydrogen) atoms. The summed E-state index contributed by atoms with van der Waals surface area (Å²) in [5.41, 5.74) is 0.898. The molecule has 1 rings (SSSR count). The summed E-state index contributed by atoms with van der Waals surface area (Å²) >= 11 is 0. The molecule has 1 aromatic carbocycles. The van der Waals surface area contributed by atoms with Gasteiger partial charge >= 0.3 is 0 Å². The Balaban J connectivity index is 2.45. The first kappa shape index (κ1) is 24.4. The third kappa shape index (κ3) is 11.3. The molecule has 0 bridgehead atoms. The highest BCUT2D eigenvalue weighted by atomic mass is 16.2. The fraction of sp³-hybridized carbons (Fsp3) is 0.680. The smallest absolute Gasteiger partial charge is 0.220 e. The molecule has 3 heteroatoms. The number of amides is 1. The number of Topliss-reactive ketones (excluding diaryl/α,β-unsaturated/α-hetero) is 1. The lowest BCUT2D eigenvalue weighted by Gasteiger charge is -2.18. The molecule has 0 aliphatic rings. The summed E-state index contributed by atoms with van der Waals surface area (Å²) in [4.78, 5) is 25.2. The van der Waals surface area contributed by atoms with Crippen LogP contribution in [0.2, 0.25) is 0 Å². The lowest BCUT2D eigenvalue weighted by molar-refractivity contribution is -0.128. The summed E-state index contributed by atoms with van der Waals surface area (Å²) < 4.78 is 0. The van der Waals surface area contributed by atoms with Gasteiger partial charge in [0, 0.05) is 12.8 Å². The quantitative estimate of drug-likeness (QED) is 0.295. The lowest BCUT2D eigenvalue weighted by atomic mass is 9.97. The van der Waals surface area contributed by atoms with Crippen molar-refractivity contribution in [2.75, 3.05) is 0 Å². The highest BCUT2D eigenvalue weighted by molar-refractivity contribution is 5.90. The van der Waals surface area contributed by atoms with Crippen LogP contribution in [0.15, 0.2) is 30.3 Å². The van der Waals surface area contributed by atoms with Gasteiger partial charge in [-0.2, -0.15) is 0 Å². The summed E-state index contributed by atoms with van der Waals surface area (Å²) in [6, 6.07) is 9.19. The van der Waals surface area contributed by atoms with Crippen molar-refractivity contribution < 1.29 is 9.59 Å². The highest BCUT2D eigenvalue weighted by Crippen LogP contribution is 2.18. The molecule has 0 aliphatic carbocycles. The Morgan fingerprint density at radius 3 is 1.79 bits per heavy atom. The van der Waals surface area contributed by atoms with Gasteiger partial charge < -0.3 is 5.32 Å². The van der Waals surface area contributed by atoms with Crippen molar-refractivity contribution in [2.45, 2.75) is 110 Å². The van der Waals surface area contributed by atoms with Crippen molar-refractivity contribution in [1.29, 1.82) is 0 Å². The molecule has 0 fully saturated rings. The van der Waals surface area contributed by atoms with Gasteiger partial charge in [0.25, 0.3) is 0 Å². The van der Waals surface area contributed by atoms with Gasteiger partial charge in [-0.15, -0.1) is 0 Å². The SMILES string of the molecule is CCCCCCCCC(=O)N[C@@H](C(=O)CCCCCCCC)c1ccccc1. The minimum atomic E-state index is -0.496. The van der Waals surface area contributed by atoms with Crippen LogP contribution in [0, 0.1) is 0 Å². The van der Waals surface area contributed by atoms with Crippen LogP contribution in [-0.4, -0.2) is 11.7 Å². The molecule has 0 aliphatic heterocycles. The van der Waals surface area contributed by atoms with Gasteiger partial charge in [-0.25, -0.2) is 0 Å². The molecule has 1 aromatic rings. The van der Waals surface area contributed by atoms with E-state index in [1.807, 2.05) is 30.3 Å². The van der Waals surface area contributed by atoms with E-state index in [4.69, 9.17) is 0 Å². The molecule has 0 radical (unpaired) electrons. The number of nitrogens with one attached hydrogen (secondary N) is 1. The first-order valence-corrected chi connectivity index (χ1v) is 11.6. The highest BCUT2D eigenvalue weighted by Gasteiger charge is 2.21. The van der Waals surface area contributed by atoms with Crippen molar-refractivity contribution in [3.8, 4) is 0 Å². The van der Waals surface area contributed by atoms with Crippen LogP contribution in [-0.2, 0) is 9.59 Å². The zero-order valence-corrected chi connectivity index (χ0v) is 18.2. The lowest BCUT2D eigenvalue weighted by Crippen LogP contribution is -2.33. The normalized spacial score (nSPS) is 11.9. The van der Waals surface area contributed by atoms with E-state index < -0.39 is 6.04 Å². The van der Waals surface area contributed by atoms with Gasteiger partial charge in [0.2, 0.25) is 5.91 Å². The van der Waals surface area contributed by atoms with Crippen LogP contribution in [0.4, 0.5) is 0 Å². The zero-order chi connectivity index (χ0) is 20.5. The van der Waals surface area contributed by atoms with E-state index in [0.717, 1.165) is 31.2 Å². The molecule has 0 spiro atoms. The Labute approximate surface area is 172 Å². The number of rotatable bonds is 17. The monoisotopic (exact) mass is 387 g/mol. The molecular formula is C25H41NO2. The number of benzene rings is 1. The third-order valence-electron chi connectivity index (χ3n) is 5.29. The van der Waals surface area contributed by atoms with Gasteiger partial charge in [-0.1, -0.05) is 108 Å². The third-order valence-corrected chi connectivity index (χ3v) is 5.29. The standard InChI is InChI=1S/C25H41NO2/c1-3-5-7-9-11-16-20-23(27)25(22-18-14-13-15-19-22)26-24(28)21-17-12-10-8-6-4-2/h13-15,18-19,25H,3-12,16-17,20-21H2,1-2H3,(H,26,28)/t25-/m1/s1. The van der Waals surface area contributed by atoms with Crippen LogP contribution in [0.3, 0.4) is 0 Å². The van der Waals surface area contributed by atoms with E-state index in [9.17, 15) is 9.59 Å². The first-order valence-electron chi connectivity index (χ1n) is 11.6. The Morgan fingerprint density at radius 1 is 0.714 bits per heavy atom. The maximum atomic E-state index is 12.8. The molecule has 158 valence electrons. The Hall–Kier alpha value is -1.64. The summed E-state index contributed by atoms with van der Waals surface area (Å²) in [5, 5.41) is 3.01. The molecule has 0 aromatic heterocycles. The predicted molar refractivity (Wildman–Crippen MR) is 118 cm³/mol. The molecule has 0 saturated carbocycles. The second kappa shape index (κ2) is 16.3. The van der Waals surface area contributed by atoms with Crippen molar-refractivity contribution in [1.82, 2.24) is 5.32 Å². The van der Waals surface area contributed by atoms with Gasteiger partial charge in [0.05, 0.1) is 0 Å². The molecule has 1 amide bonds. The van der Waals surface area contributed by atoms with E-state index in [1.165, 1.54) is 51.4 Å². The number of hydrogen-bond acceptors (Lipinski definition) is 2. The van der Waals surface area contributed by atoms with Gasteiger partial charge in [-0.05, 0) is 18.4 Å². The van der Waals surface area contributed by atoms with E-state index >= 15 is 0 Å². The number of ketones is 1.